The van der Waals surface area contributed by atoms with Crippen molar-refractivity contribution < 1.29 is 29.4 Å². The topological polar surface area (TPSA) is 197 Å². The number of amides is 3. The molecule has 3 unspecified atom stereocenters. The van der Waals surface area contributed by atoms with Crippen LogP contribution in [0.15, 0.2) is 24.3 Å². The number of aromatic hydroxyl groups is 1. The molecule has 0 radical (unpaired) electrons. The standard InChI is InChI=1S/C22H35N5O6S/c1-34-11-9-17(27-20(30)16(24)12-14-5-7-15(28)8-6-14)21(31)25-13-19(29)26-18(22(32)33)4-2-3-10-23/h5-8,16-18,28H,2-4,9-13,23-24H2,1H3,(H,25,31)(H,26,29)(H,27,30)(H,32,33). The summed E-state index contributed by atoms with van der Waals surface area (Å²) in [6.45, 7) is 0.00277. The van der Waals surface area contributed by atoms with Crippen molar-refractivity contribution in [1.82, 2.24) is 16.0 Å². The molecular weight excluding hydrogens is 462 g/mol. The maximum absolute atomic E-state index is 12.6. The Bertz CT molecular complexity index is 807. The molecule has 9 N–H and O–H groups in total. The van der Waals surface area contributed by atoms with Crippen LogP contribution < -0.4 is 27.4 Å². The second kappa shape index (κ2) is 15.9. The Kier molecular flexibility index (Phi) is 13.7. The van der Waals surface area contributed by atoms with Crippen molar-refractivity contribution in [2.45, 2.75) is 50.2 Å². The van der Waals surface area contributed by atoms with Crippen LogP contribution in [-0.2, 0) is 25.6 Å². The van der Waals surface area contributed by atoms with E-state index in [1.165, 1.54) is 23.9 Å². The van der Waals surface area contributed by atoms with Crippen LogP contribution in [0.4, 0.5) is 0 Å². The summed E-state index contributed by atoms with van der Waals surface area (Å²) in [7, 11) is 0. The number of carboxylic acid groups (broad SMARTS) is 1. The highest BCUT2D eigenvalue weighted by Crippen LogP contribution is 2.11. The Morgan fingerprint density at radius 1 is 1.00 bits per heavy atom. The SMILES string of the molecule is CSCCC(NC(=O)C(N)Cc1ccc(O)cc1)C(=O)NCC(=O)NC(CCCCN)C(=O)O. The van der Waals surface area contributed by atoms with Crippen LogP contribution in [0.5, 0.6) is 5.75 Å². The van der Waals surface area contributed by atoms with Crippen molar-refractivity contribution in [3.05, 3.63) is 29.8 Å². The molecule has 3 atom stereocenters. The minimum Gasteiger partial charge on any atom is -0.508 e. The molecule has 0 fully saturated rings. The van der Waals surface area contributed by atoms with Crippen molar-refractivity contribution in [3.63, 3.8) is 0 Å². The van der Waals surface area contributed by atoms with Crippen molar-refractivity contribution in [2.24, 2.45) is 11.5 Å². The molecule has 0 saturated carbocycles. The molecule has 0 aliphatic heterocycles. The fourth-order valence-electron chi connectivity index (χ4n) is 3.05. The molecule has 1 aromatic carbocycles. The van der Waals surface area contributed by atoms with Gasteiger partial charge in [0.1, 0.15) is 17.8 Å². The molecule has 11 nitrogen and oxygen atoms in total. The van der Waals surface area contributed by atoms with Gasteiger partial charge in [0.15, 0.2) is 0 Å². The number of aliphatic carboxylic acids is 1. The van der Waals surface area contributed by atoms with Crippen LogP contribution >= 0.6 is 11.8 Å². The molecule has 0 heterocycles. The van der Waals surface area contributed by atoms with E-state index in [4.69, 9.17) is 11.5 Å². The number of rotatable bonds is 16. The maximum atomic E-state index is 12.6. The summed E-state index contributed by atoms with van der Waals surface area (Å²) >= 11 is 1.49. The van der Waals surface area contributed by atoms with Crippen LogP contribution in [-0.4, -0.2) is 77.1 Å². The number of hydrogen-bond acceptors (Lipinski definition) is 8. The van der Waals surface area contributed by atoms with Crippen LogP contribution in [0.2, 0.25) is 0 Å². The Morgan fingerprint density at radius 2 is 1.68 bits per heavy atom. The average molecular weight is 498 g/mol. The molecule has 34 heavy (non-hydrogen) atoms. The first kappa shape index (κ1) is 29.2. The fourth-order valence-corrected chi connectivity index (χ4v) is 3.52. The second-order valence-electron chi connectivity index (χ2n) is 7.78. The van der Waals surface area contributed by atoms with E-state index in [2.05, 4.69) is 16.0 Å². The molecule has 1 rings (SSSR count). The molecule has 0 spiro atoms. The lowest BCUT2D eigenvalue weighted by Crippen LogP contribution is -2.54. The number of phenols is 1. The molecule has 0 aromatic heterocycles. The molecule has 3 amide bonds. The molecule has 0 bridgehead atoms. The summed E-state index contributed by atoms with van der Waals surface area (Å²) in [5.74, 6) is -2.21. The predicted molar refractivity (Wildman–Crippen MR) is 130 cm³/mol. The van der Waals surface area contributed by atoms with Crippen molar-refractivity contribution in [1.29, 1.82) is 0 Å². The summed E-state index contributed by atoms with van der Waals surface area (Å²) in [6, 6.07) is 3.40. The summed E-state index contributed by atoms with van der Waals surface area (Å²) in [5.41, 5.74) is 12.1. The zero-order valence-corrected chi connectivity index (χ0v) is 20.1. The monoisotopic (exact) mass is 497 g/mol. The van der Waals surface area contributed by atoms with Gasteiger partial charge in [0.2, 0.25) is 17.7 Å². The molecule has 0 aliphatic rings. The first-order valence-corrected chi connectivity index (χ1v) is 12.4. The zero-order valence-electron chi connectivity index (χ0n) is 19.3. The Hall–Kier alpha value is -2.83. The van der Waals surface area contributed by atoms with Gasteiger partial charge >= 0.3 is 5.97 Å². The van der Waals surface area contributed by atoms with E-state index in [1.54, 1.807) is 12.1 Å². The number of carbonyl (C=O) groups is 4. The minimum absolute atomic E-state index is 0.102. The number of nitrogens with one attached hydrogen (secondary N) is 3. The molecule has 0 aliphatic carbocycles. The molecule has 1 aromatic rings. The van der Waals surface area contributed by atoms with Crippen LogP contribution in [0.3, 0.4) is 0 Å². The van der Waals surface area contributed by atoms with E-state index in [0.29, 0.717) is 31.6 Å². The number of carboxylic acids is 1. The number of thioether (sulfide) groups is 1. The van der Waals surface area contributed by atoms with Crippen LogP contribution in [0.25, 0.3) is 0 Å². The first-order valence-electron chi connectivity index (χ1n) is 11.0. The van der Waals surface area contributed by atoms with Gasteiger partial charge in [-0.15, -0.1) is 0 Å². The number of nitrogens with two attached hydrogens (primary N) is 2. The maximum Gasteiger partial charge on any atom is 0.326 e. The Morgan fingerprint density at radius 3 is 2.26 bits per heavy atom. The largest absolute Gasteiger partial charge is 0.508 e. The van der Waals surface area contributed by atoms with Crippen molar-refractivity contribution in [3.8, 4) is 5.75 Å². The Balaban J connectivity index is 2.62. The predicted octanol–water partition coefficient (Wildman–Crippen LogP) is -0.685. The van der Waals surface area contributed by atoms with E-state index >= 15 is 0 Å². The smallest absolute Gasteiger partial charge is 0.326 e. The van der Waals surface area contributed by atoms with E-state index in [-0.39, 0.29) is 18.6 Å². The van der Waals surface area contributed by atoms with E-state index in [0.717, 1.165) is 5.56 Å². The van der Waals surface area contributed by atoms with Gasteiger partial charge in [-0.2, -0.15) is 11.8 Å². The van der Waals surface area contributed by atoms with E-state index < -0.39 is 48.4 Å². The second-order valence-corrected chi connectivity index (χ2v) is 8.77. The lowest BCUT2D eigenvalue weighted by atomic mass is 10.1. The van der Waals surface area contributed by atoms with Crippen molar-refractivity contribution >= 4 is 35.5 Å². The van der Waals surface area contributed by atoms with Crippen molar-refractivity contribution in [2.75, 3.05) is 25.1 Å². The van der Waals surface area contributed by atoms with Gasteiger partial charge in [-0.1, -0.05) is 12.1 Å². The average Bonchev–Trinajstić information content (AvgIpc) is 2.80. The highest BCUT2D eigenvalue weighted by Gasteiger charge is 2.25. The highest BCUT2D eigenvalue weighted by molar-refractivity contribution is 7.98. The van der Waals surface area contributed by atoms with Gasteiger partial charge in [-0.3, -0.25) is 14.4 Å². The van der Waals surface area contributed by atoms with Crippen LogP contribution in [0, 0.1) is 0 Å². The van der Waals surface area contributed by atoms with Gasteiger partial charge in [-0.05, 0) is 68.4 Å². The Labute approximate surface area is 203 Å². The quantitative estimate of drug-likeness (QED) is 0.145. The highest BCUT2D eigenvalue weighted by atomic mass is 32.2. The number of benzene rings is 1. The summed E-state index contributed by atoms with van der Waals surface area (Å²) in [5, 5.41) is 26.1. The normalized spacial score (nSPS) is 13.4. The number of phenolic OH excluding ortho intramolecular Hbond substituents is 1. The van der Waals surface area contributed by atoms with Gasteiger partial charge < -0.3 is 37.6 Å². The molecule has 0 saturated heterocycles. The summed E-state index contributed by atoms with van der Waals surface area (Å²) in [6.07, 6.45) is 3.82. The minimum atomic E-state index is -1.16. The lowest BCUT2D eigenvalue weighted by Gasteiger charge is -2.21. The van der Waals surface area contributed by atoms with E-state index in [9.17, 15) is 29.4 Å². The summed E-state index contributed by atoms with van der Waals surface area (Å²) < 4.78 is 0. The van der Waals surface area contributed by atoms with Gasteiger partial charge in [0.05, 0.1) is 12.6 Å². The third-order valence-electron chi connectivity index (χ3n) is 4.98. The van der Waals surface area contributed by atoms with E-state index in [1.807, 2.05) is 6.26 Å². The first-order chi connectivity index (χ1) is 16.2. The fraction of sp³-hybridized carbons (Fsp3) is 0.545. The third-order valence-corrected chi connectivity index (χ3v) is 5.62. The molecular formula is C22H35N5O6S. The van der Waals surface area contributed by atoms with Gasteiger partial charge in [-0.25, -0.2) is 4.79 Å². The number of unbranched alkanes of at least 4 members (excludes halogenated alkanes) is 1. The zero-order chi connectivity index (χ0) is 25.5. The van der Waals surface area contributed by atoms with Crippen LogP contribution in [0.1, 0.15) is 31.2 Å². The lowest BCUT2D eigenvalue weighted by molar-refractivity contribution is -0.142. The molecule has 190 valence electrons. The van der Waals surface area contributed by atoms with Gasteiger partial charge in [0, 0.05) is 0 Å². The summed E-state index contributed by atoms with van der Waals surface area (Å²) in [4.78, 5) is 48.6. The number of carbonyl (C=O) groups excluding carboxylic acids is 3. The number of hydrogen-bond donors (Lipinski definition) is 7. The molecule has 12 heteroatoms. The third kappa shape index (κ3) is 11.3. The van der Waals surface area contributed by atoms with Gasteiger partial charge in [0.25, 0.3) is 0 Å².